The second-order valence-electron chi connectivity index (χ2n) is 5.17. The van der Waals surface area contributed by atoms with Gasteiger partial charge in [-0.2, -0.15) is 9.61 Å². The standard InChI is InChI=1S/C17H9F3N4S/c18-11-4-1-10(2-5-11)3-8-15-23-24-16(21-22-17(24)25-15)13-9-12(19)6-7-14(13)20/h1-9H. The quantitative estimate of drug-likeness (QED) is 0.544. The van der Waals surface area contributed by atoms with Crippen LogP contribution in [0.25, 0.3) is 28.5 Å². The zero-order valence-electron chi connectivity index (χ0n) is 12.5. The Morgan fingerprint density at radius 2 is 1.64 bits per heavy atom. The minimum absolute atomic E-state index is 0.00753. The minimum Gasteiger partial charge on any atom is -0.207 e. The van der Waals surface area contributed by atoms with Gasteiger partial charge in [0.05, 0.1) is 5.56 Å². The van der Waals surface area contributed by atoms with Crippen LogP contribution in [0, 0.1) is 17.5 Å². The van der Waals surface area contributed by atoms with Crippen LogP contribution in [0.3, 0.4) is 0 Å². The molecule has 0 radical (unpaired) electrons. The van der Waals surface area contributed by atoms with Crippen molar-refractivity contribution in [2.75, 3.05) is 0 Å². The largest absolute Gasteiger partial charge is 0.235 e. The number of hydrogen-bond donors (Lipinski definition) is 0. The molecule has 124 valence electrons. The molecule has 4 aromatic rings. The fraction of sp³-hybridized carbons (Fsp3) is 0. The fourth-order valence-corrected chi connectivity index (χ4v) is 3.02. The van der Waals surface area contributed by atoms with Crippen molar-refractivity contribution in [3.05, 3.63) is 70.5 Å². The first-order valence-corrected chi connectivity index (χ1v) is 8.03. The van der Waals surface area contributed by atoms with Gasteiger partial charge in [0.25, 0.3) is 0 Å². The molecular weight excluding hydrogens is 349 g/mol. The Bertz CT molecular complexity index is 1080. The summed E-state index contributed by atoms with van der Waals surface area (Å²) in [4.78, 5) is 0.456. The zero-order valence-corrected chi connectivity index (χ0v) is 13.3. The van der Waals surface area contributed by atoms with Crippen molar-refractivity contribution in [2.45, 2.75) is 0 Å². The highest BCUT2D eigenvalue weighted by Gasteiger charge is 2.16. The molecule has 8 heteroatoms. The molecule has 0 amide bonds. The average Bonchev–Trinajstić information content (AvgIpc) is 3.17. The monoisotopic (exact) mass is 358 g/mol. The SMILES string of the molecule is Fc1ccc(C=Cc2nn3c(-c4cc(F)ccc4F)nnc3s2)cc1. The maximum atomic E-state index is 14.0. The van der Waals surface area contributed by atoms with E-state index in [1.165, 1.54) is 28.0 Å². The molecule has 0 aliphatic rings. The molecule has 0 spiro atoms. The third-order valence-electron chi connectivity index (χ3n) is 3.46. The van der Waals surface area contributed by atoms with Crippen LogP contribution in [0.15, 0.2) is 42.5 Å². The van der Waals surface area contributed by atoms with Crippen LogP contribution in [0.2, 0.25) is 0 Å². The summed E-state index contributed by atoms with van der Waals surface area (Å²) in [6.07, 6.45) is 3.51. The maximum absolute atomic E-state index is 14.0. The Hall–Kier alpha value is -3.00. The summed E-state index contributed by atoms with van der Waals surface area (Å²) in [5.41, 5.74) is 0.802. The van der Waals surface area contributed by atoms with Gasteiger partial charge in [0.1, 0.15) is 22.5 Å². The van der Waals surface area contributed by atoms with E-state index in [0.29, 0.717) is 9.97 Å². The third kappa shape index (κ3) is 3.03. The number of rotatable bonds is 3. The van der Waals surface area contributed by atoms with Crippen molar-refractivity contribution >= 4 is 28.4 Å². The topological polar surface area (TPSA) is 43.1 Å². The van der Waals surface area contributed by atoms with Crippen LogP contribution in [0.4, 0.5) is 13.2 Å². The van der Waals surface area contributed by atoms with Gasteiger partial charge >= 0.3 is 0 Å². The van der Waals surface area contributed by atoms with Gasteiger partial charge in [-0.1, -0.05) is 29.5 Å². The molecule has 0 aliphatic carbocycles. The number of fused-ring (bicyclic) bond motifs is 1. The molecule has 0 saturated heterocycles. The van der Waals surface area contributed by atoms with Crippen LogP contribution in [-0.4, -0.2) is 19.8 Å². The summed E-state index contributed by atoms with van der Waals surface area (Å²) in [5.74, 6) is -1.35. The van der Waals surface area contributed by atoms with Crippen molar-refractivity contribution in [3.63, 3.8) is 0 Å². The molecule has 0 N–H and O–H groups in total. The molecule has 2 heterocycles. The molecule has 0 bridgehead atoms. The highest BCUT2D eigenvalue weighted by Crippen LogP contribution is 2.25. The van der Waals surface area contributed by atoms with Crippen molar-refractivity contribution in [1.29, 1.82) is 0 Å². The van der Waals surface area contributed by atoms with E-state index in [9.17, 15) is 13.2 Å². The Kier molecular flexibility index (Phi) is 3.81. The molecule has 25 heavy (non-hydrogen) atoms. The predicted molar refractivity (Wildman–Crippen MR) is 89.3 cm³/mol. The second kappa shape index (κ2) is 6.14. The Morgan fingerprint density at radius 3 is 2.44 bits per heavy atom. The molecule has 4 nitrogen and oxygen atoms in total. The lowest BCUT2D eigenvalue weighted by atomic mass is 10.2. The first-order chi connectivity index (χ1) is 12.1. The van der Waals surface area contributed by atoms with Gasteiger partial charge in [-0.3, -0.25) is 0 Å². The maximum Gasteiger partial charge on any atom is 0.235 e. The van der Waals surface area contributed by atoms with E-state index in [2.05, 4.69) is 15.3 Å². The van der Waals surface area contributed by atoms with Crippen LogP contribution < -0.4 is 0 Å². The van der Waals surface area contributed by atoms with E-state index in [4.69, 9.17) is 0 Å². The highest BCUT2D eigenvalue weighted by atomic mass is 32.1. The summed E-state index contributed by atoms with van der Waals surface area (Å²) in [6.45, 7) is 0. The number of aromatic nitrogens is 4. The first kappa shape index (κ1) is 15.5. The Morgan fingerprint density at radius 1 is 0.880 bits per heavy atom. The van der Waals surface area contributed by atoms with Gasteiger partial charge in [0.2, 0.25) is 4.96 Å². The van der Waals surface area contributed by atoms with Gasteiger partial charge in [0.15, 0.2) is 5.82 Å². The number of halogens is 3. The fourth-order valence-electron chi connectivity index (χ4n) is 2.28. The van der Waals surface area contributed by atoms with Gasteiger partial charge in [-0.15, -0.1) is 10.2 Å². The van der Waals surface area contributed by atoms with Crippen LogP contribution in [0.1, 0.15) is 10.6 Å². The summed E-state index contributed by atoms with van der Waals surface area (Å²) in [7, 11) is 0. The van der Waals surface area contributed by atoms with E-state index in [1.54, 1.807) is 24.3 Å². The molecule has 0 aliphatic heterocycles. The molecule has 2 aromatic carbocycles. The van der Waals surface area contributed by atoms with Gasteiger partial charge in [-0.05, 0) is 42.0 Å². The summed E-state index contributed by atoms with van der Waals surface area (Å²) in [6, 6.07) is 9.13. The third-order valence-corrected chi connectivity index (χ3v) is 4.33. The van der Waals surface area contributed by atoms with E-state index < -0.39 is 11.6 Å². The molecule has 2 aromatic heterocycles. The lowest BCUT2D eigenvalue weighted by Crippen LogP contribution is -1.94. The van der Waals surface area contributed by atoms with Crippen LogP contribution >= 0.6 is 11.3 Å². The lowest BCUT2D eigenvalue weighted by molar-refractivity contribution is 0.601. The van der Waals surface area contributed by atoms with E-state index in [0.717, 1.165) is 23.8 Å². The van der Waals surface area contributed by atoms with Crippen molar-refractivity contribution in [3.8, 4) is 11.4 Å². The second-order valence-corrected chi connectivity index (χ2v) is 6.15. The van der Waals surface area contributed by atoms with Crippen LogP contribution in [0.5, 0.6) is 0 Å². The minimum atomic E-state index is -0.605. The molecule has 0 unspecified atom stereocenters. The van der Waals surface area contributed by atoms with Gasteiger partial charge in [0, 0.05) is 0 Å². The Balaban J connectivity index is 1.71. The smallest absolute Gasteiger partial charge is 0.207 e. The molecular formula is C17H9F3N4S. The summed E-state index contributed by atoms with van der Waals surface area (Å²) < 4.78 is 41.6. The van der Waals surface area contributed by atoms with E-state index >= 15 is 0 Å². The highest BCUT2D eigenvalue weighted by molar-refractivity contribution is 7.17. The lowest BCUT2D eigenvalue weighted by Gasteiger charge is -1.99. The van der Waals surface area contributed by atoms with Crippen molar-refractivity contribution in [2.24, 2.45) is 0 Å². The molecule has 0 atom stereocenters. The molecule has 0 fully saturated rings. The molecule has 4 rings (SSSR count). The predicted octanol–water partition coefficient (Wildman–Crippen LogP) is 4.44. The van der Waals surface area contributed by atoms with E-state index in [1.807, 2.05) is 0 Å². The van der Waals surface area contributed by atoms with Crippen molar-refractivity contribution < 1.29 is 13.2 Å². The number of hydrogen-bond acceptors (Lipinski definition) is 4. The van der Waals surface area contributed by atoms with Gasteiger partial charge in [-0.25, -0.2) is 13.2 Å². The summed E-state index contributed by atoms with van der Waals surface area (Å²) in [5, 5.41) is 12.8. The van der Waals surface area contributed by atoms with Crippen LogP contribution in [-0.2, 0) is 0 Å². The van der Waals surface area contributed by atoms with Gasteiger partial charge < -0.3 is 0 Å². The van der Waals surface area contributed by atoms with Crippen molar-refractivity contribution in [1.82, 2.24) is 19.8 Å². The summed E-state index contributed by atoms with van der Waals surface area (Å²) >= 11 is 1.25. The zero-order chi connectivity index (χ0) is 17.4. The number of nitrogens with zero attached hydrogens (tertiary/aromatic N) is 4. The number of benzene rings is 2. The Labute approximate surface area is 143 Å². The molecule has 0 saturated carbocycles. The normalized spacial score (nSPS) is 11.6. The first-order valence-electron chi connectivity index (χ1n) is 7.21. The van der Waals surface area contributed by atoms with E-state index in [-0.39, 0.29) is 17.2 Å². The average molecular weight is 358 g/mol.